The maximum Gasteiger partial charge on any atom is 0.282 e. The lowest BCUT2D eigenvalue weighted by molar-refractivity contribution is -0.915. The van der Waals surface area contributed by atoms with Gasteiger partial charge >= 0.3 is 0 Å². The summed E-state index contributed by atoms with van der Waals surface area (Å²) >= 11 is 0. The number of nitrogens with one attached hydrogen (secondary N) is 1. The lowest BCUT2D eigenvalue weighted by Gasteiger charge is -2.33. The molecule has 4 rings (SSSR count). The Morgan fingerprint density at radius 1 is 1.07 bits per heavy atom. The molecule has 0 amide bonds. The Morgan fingerprint density at radius 3 is 2.56 bits per heavy atom. The van der Waals surface area contributed by atoms with Gasteiger partial charge in [-0.1, -0.05) is 47.1 Å². The molecule has 1 saturated heterocycles. The van der Waals surface area contributed by atoms with Crippen LogP contribution in [0.2, 0.25) is 0 Å². The zero-order valence-corrected chi connectivity index (χ0v) is 15.8. The summed E-state index contributed by atoms with van der Waals surface area (Å²) in [5.74, 6) is 2.30. The number of aromatic nitrogens is 2. The molecule has 6 nitrogen and oxygen atoms in total. The molecule has 27 heavy (non-hydrogen) atoms. The molecule has 0 bridgehead atoms. The number of benzene rings is 2. The third-order valence-corrected chi connectivity index (χ3v) is 5.08. The summed E-state index contributed by atoms with van der Waals surface area (Å²) in [6.07, 6.45) is 0. The van der Waals surface area contributed by atoms with Gasteiger partial charge in [0.15, 0.2) is 6.54 Å². The number of piperazine rings is 1. The zero-order chi connectivity index (χ0) is 18.6. The van der Waals surface area contributed by atoms with Gasteiger partial charge in [-0.2, -0.15) is 4.98 Å². The van der Waals surface area contributed by atoms with Crippen LogP contribution in [0, 0.1) is 6.92 Å². The first-order valence-electron chi connectivity index (χ1n) is 9.34. The number of anilines is 1. The van der Waals surface area contributed by atoms with Gasteiger partial charge in [0.25, 0.3) is 5.89 Å². The van der Waals surface area contributed by atoms with E-state index in [-0.39, 0.29) is 0 Å². The molecule has 140 valence electrons. The van der Waals surface area contributed by atoms with Crippen molar-refractivity contribution in [2.45, 2.75) is 13.5 Å². The third kappa shape index (κ3) is 3.95. The van der Waals surface area contributed by atoms with Crippen LogP contribution >= 0.6 is 0 Å². The van der Waals surface area contributed by atoms with E-state index in [4.69, 9.17) is 9.26 Å². The maximum absolute atomic E-state index is 5.49. The fourth-order valence-electron chi connectivity index (χ4n) is 3.49. The van der Waals surface area contributed by atoms with Crippen LogP contribution in [0.3, 0.4) is 0 Å². The molecule has 2 heterocycles. The van der Waals surface area contributed by atoms with Gasteiger partial charge in [0.1, 0.15) is 5.75 Å². The van der Waals surface area contributed by atoms with Gasteiger partial charge in [-0.05, 0) is 19.1 Å². The SMILES string of the molecule is COc1ccccc1N1CC[NH+](Cc2nc(-c3ccc(C)cc3)no2)CC1. The lowest BCUT2D eigenvalue weighted by Crippen LogP contribution is -3.13. The van der Waals surface area contributed by atoms with Gasteiger partial charge < -0.3 is 19.1 Å². The minimum atomic E-state index is 0.664. The summed E-state index contributed by atoms with van der Waals surface area (Å²) in [6.45, 7) is 6.85. The Balaban J connectivity index is 1.36. The number of nitrogens with zero attached hydrogens (tertiary/aromatic N) is 3. The Bertz CT molecular complexity index is 883. The molecule has 0 radical (unpaired) electrons. The predicted molar refractivity (Wildman–Crippen MR) is 104 cm³/mol. The van der Waals surface area contributed by atoms with Crippen LogP contribution in [0.15, 0.2) is 53.1 Å². The van der Waals surface area contributed by atoms with Crippen LogP contribution in [-0.4, -0.2) is 43.4 Å². The molecular formula is C21H25N4O2+. The number of para-hydroxylation sites is 2. The monoisotopic (exact) mass is 365 g/mol. The van der Waals surface area contributed by atoms with Crippen molar-refractivity contribution in [3.05, 3.63) is 60.0 Å². The molecule has 1 fully saturated rings. The fourth-order valence-corrected chi connectivity index (χ4v) is 3.49. The van der Waals surface area contributed by atoms with E-state index in [9.17, 15) is 0 Å². The fraction of sp³-hybridized carbons (Fsp3) is 0.333. The van der Waals surface area contributed by atoms with Crippen molar-refractivity contribution in [1.82, 2.24) is 10.1 Å². The highest BCUT2D eigenvalue weighted by molar-refractivity contribution is 5.58. The van der Waals surface area contributed by atoms with Crippen LogP contribution in [-0.2, 0) is 6.54 Å². The molecule has 3 aromatic rings. The molecule has 1 N–H and O–H groups in total. The molecule has 0 unspecified atom stereocenters. The number of hydrogen-bond donors (Lipinski definition) is 1. The molecule has 1 aliphatic heterocycles. The van der Waals surface area contributed by atoms with Crippen molar-refractivity contribution in [2.75, 3.05) is 38.2 Å². The van der Waals surface area contributed by atoms with Crippen molar-refractivity contribution in [2.24, 2.45) is 0 Å². The molecular weight excluding hydrogens is 340 g/mol. The van der Waals surface area contributed by atoms with Gasteiger partial charge in [0.2, 0.25) is 5.82 Å². The predicted octanol–water partition coefficient (Wildman–Crippen LogP) is 1.96. The summed E-state index contributed by atoms with van der Waals surface area (Å²) in [4.78, 5) is 8.42. The molecule has 0 saturated carbocycles. The summed E-state index contributed by atoms with van der Waals surface area (Å²) in [6, 6.07) is 16.4. The highest BCUT2D eigenvalue weighted by atomic mass is 16.5. The van der Waals surface area contributed by atoms with Crippen LogP contribution in [0.25, 0.3) is 11.4 Å². The second-order valence-corrected chi connectivity index (χ2v) is 6.96. The van der Waals surface area contributed by atoms with E-state index in [1.807, 2.05) is 24.3 Å². The van der Waals surface area contributed by atoms with Crippen LogP contribution in [0.5, 0.6) is 5.75 Å². The largest absolute Gasteiger partial charge is 0.495 e. The van der Waals surface area contributed by atoms with Crippen LogP contribution in [0.4, 0.5) is 5.69 Å². The Morgan fingerprint density at radius 2 is 1.81 bits per heavy atom. The van der Waals surface area contributed by atoms with Crippen LogP contribution in [0.1, 0.15) is 11.5 Å². The minimum absolute atomic E-state index is 0.664. The van der Waals surface area contributed by atoms with E-state index in [0.29, 0.717) is 11.7 Å². The van der Waals surface area contributed by atoms with Gasteiger partial charge in [-0.3, -0.25) is 0 Å². The Labute approximate surface area is 159 Å². The summed E-state index contributed by atoms with van der Waals surface area (Å²) in [5.41, 5.74) is 3.38. The maximum atomic E-state index is 5.49. The smallest absolute Gasteiger partial charge is 0.282 e. The van der Waals surface area contributed by atoms with Gasteiger partial charge in [-0.15, -0.1) is 0 Å². The molecule has 1 aromatic heterocycles. The third-order valence-electron chi connectivity index (χ3n) is 5.08. The van der Waals surface area contributed by atoms with Gasteiger partial charge in [-0.25, -0.2) is 0 Å². The quantitative estimate of drug-likeness (QED) is 0.749. The van der Waals surface area contributed by atoms with E-state index in [1.165, 1.54) is 16.2 Å². The van der Waals surface area contributed by atoms with Crippen molar-refractivity contribution in [3.8, 4) is 17.1 Å². The van der Waals surface area contributed by atoms with E-state index in [1.54, 1.807) is 7.11 Å². The average molecular weight is 365 g/mol. The van der Waals surface area contributed by atoms with E-state index in [0.717, 1.165) is 44.0 Å². The Hall–Kier alpha value is -2.86. The first-order chi connectivity index (χ1) is 13.2. The normalized spacial score (nSPS) is 15.1. The highest BCUT2D eigenvalue weighted by Gasteiger charge is 2.24. The van der Waals surface area contributed by atoms with E-state index >= 15 is 0 Å². The molecule has 0 aliphatic carbocycles. The number of quaternary nitrogens is 1. The number of methoxy groups -OCH3 is 1. The Kier molecular flexibility index (Phi) is 5.07. The van der Waals surface area contributed by atoms with Gasteiger partial charge in [0.05, 0.1) is 39.0 Å². The second kappa shape index (κ2) is 7.80. The van der Waals surface area contributed by atoms with Crippen molar-refractivity contribution in [1.29, 1.82) is 0 Å². The first-order valence-corrected chi connectivity index (χ1v) is 9.34. The van der Waals surface area contributed by atoms with Crippen molar-refractivity contribution in [3.63, 3.8) is 0 Å². The minimum Gasteiger partial charge on any atom is -0.495 e. The molecule has 1 aliphatic rings. The average Bonchev–Trinajstić information content (AvgIpc) is 3.17. The molecule has 2 aromatic carbocycles. The second-order valence-electron chi connectivity index (χ2n) is 6.96. The van der Waals surface area contributed by atoms with Crippen molar-refractivity contribution >= 4 is 5.69 Å². The van der Waals surface area contributed by atoms with E-state index < -0.39 is 0 Å². The van der Waals surface area contributed by atoms with E-state index in [2.05, 4.69) is 46.2 Å². The highest BCUT2D eigenvalue weighted by Crippen LogP contribution is 2.27. The summed E-state index contributed by atoms with van der Waals surface area (Å²) < 4.78 is 11.0. The summed E-state index contributed by atoms with van der Waals surface area (Å²) in [7, 11) is 1.72. The molecule has 0 atom stereocenters. The number of hydrogen-bond acceptors (Lipinski definition) is 5. The lowest BCUT2D eigenvalue weighted by atomic mass is 10.1. The molecule has 6 heteroatoms. The molecule has 0 spiro atoms. The van der Waals surface area contributed by atoms with Crippen LogP contribution < -0.4 is 14.5 Å². The number of aryl methyl sites for hydroxylation is 1. The van der Waals surface area contributed by atoms with Gasteiger partial charge in [0, 0.05) is 5.56 Å². The number of rotatable bonds is 5. The standard InChI is InChI=1S/C21H24N4O2/c1-16-7-9-17(10-8-16)21-22-20(27-23-21)15-24-11-13-25(14-12-24)18-5-3-4-6-19(18)26-2/h3-10H,11-15H2,1-2H3/p+1. The topological polar surface area (TPSA) is 55.8 Å². The summed E-state index contributed by atoms with van der Waals surface area (Å²) in [5, 5.41) is 4.14. The number of ether oxygens (including phenoxy) is 1. The first kappa shape index (κ1) is 17.5. The zero-order valence-electron chi connectivity index (χ0n) is 15.8. The van der Waals surface area contributed by atoms with Crippen molar-refractivity contribution < 1.29 is 14.2 Å².